The van der Waals surface area contributed by atoms with Gasteiger partial charge in [0.2, 0.25) is 6.41 Å². The van der Waals surface area contributed by atoms with Crippen LogP contribution in [0.2, 0.25) is 5.02 Å². The summed E-state index contributed by atoms with van der Waals surface area (Å²) in [6, 6.07) is 9.90. The monoisotopic (exact) mass is 275 g/mol. The highest BCUT2D eigenvalue weighted by atomic mass is 35.5. The quantitative estimate of drug-likeness (QED) is 0.843. The summed E-state index contributed by atoms with van der Waals surface area (Å²) in [7, 11) is 0. The van der Waals surface area contributed by atoms with Crippen LogP contribution in [0.25, 0.3) is 0 Å². The molecule has 96 valence electrons. The van der Waals surface area contributed by atoms with Crippen LogP contribution in [0.4, 0.5) is 11.5 Å². The van der Waals surface area contributed by atoms with E-state index in [0.29, 0.717) is 28.5 Å². The molecule has 0 aliphatic rings. The normalized spacial score (nSPS) is 9.74. The van der Waals surface area contributed by atoms with Gasteiger partial charge in [-0.05, 0) is 24.3 Å². The Morgan fingerprint density at radius 3 is 2.68 bits per heavy atom. The van der Waals surface area contributed by atoms with Crippen LogP contribution in [0.1, 0.15) is 10.4 Å². The molecule has 0 fully saturated rings. The Morgan fingerprint density at radius 1 is 1.21 bits per heavy atom. The molecule has 0 aliphatic heterocycles. The van der Waals surface area contributed by atoms with Gasteiger partial charge in [-0.3, -0.25) is 9.59 Å². The summed E-state index contributed by atoms with van der Waals surface area (Å²) in [6.45, 7) is 0. The summed E-state index contributed by atoms with van der Waals surface area (Å²) in [6.07, 6.45) is 1.96. The Labute approximate surface area is 114 Å². The number of nitrogens with one attached hydrogen (secondary N) is 2. The van der Waals surface area contributed by atoms with E-state index in [0.717, 1.165) is 0 Å². The molecule has 2 rings (SSSR count). The molecule has 0 saturated carbocycles. The third-order valence-electron chi connectivity index (χ3n) is 2.36. The number of halogens is 1. The Kier molecular flexibility index (Phi) is 4.10. The second kappa shape index (κ2) is 5.97. The van der Waals surface area contributed by atoms with Crippen LogP contribution >= 0.6 is 11.6 Å². The molecule has 1 heterocycles. The first-order chi connectivity index (χ1) is 9.20. The van der Waals surface area contributed by atoms with E-state index in [-0.39, 0.29) is 5.91 Å². The molecule has 0 unspecified atom stereocenters. The number of aromatic nitrogens is 1. The van der Waals surface area contributed by atoms with Gasteiger partial charge in [0, 0.05) is 6.20 Å². The fraction of sp³-hybridized carbons (Fsp3) is 0. The number of hydrogen-bond donors (Lipinski definition) is 2. The van der Waals surface area contributed by atoms with Crippen LogP contribution < -0.4 is 10.6 Å². The SMILES string of the molecule is O=CNc1ccccc1C(=O)Nc1ccc(Cl)cn1. The van der Waals surface area contributed by atoms with Gasteiger partial charge in [-0.1, -0.05) is 23.7 Å². The molecule has 19 heavy (non-hydrogen) atoms. The van der Waals surface area contributed by atoms with Crippen LogP contribution in [0, 0.1) is 0 Å². The van der Waals surface area contributed by atoms with Crippen molar-refractivity contribution in [3.63, 3.8) is 0 Å². The number of hydrogen-bond acceptors (Lipinski definition) is 3. The lowest BCUT2D eigenvalue weighted by Crippen LogP contribution is -2.15. The van der Waals surface area contributed by atoms with Gasteiger partial charge in [-0.15, -0.1) is 0 Å². The zero-order valence-electron chi connectivity index (χ0n) is 9.76. The highest BCUT2D eigenvalue weighted by molar-refractivity contribution is 6.30. The summed E-state index contributed by atoms with van der Waals surface area (Å²) in [5.41, 5.74) is 0.787. The smallest absolute Gasteiger partial charge is 0.258 e. The average molecular weight is 276 g/mol. The first-order valence-corrected chi connectivity index (χ1v) is 5.80. The van der Waals surface area contributed by atoms with Gasteiger partial charge in [0.1, 0.15) is 5.82 Å². The van der Waals surface area contributed by atoms with Gasteiger partial charge in [-0.25, -0.2) is 4.98 Å². The molecular formula is C13H10ClN3O2. The minimum Gasteiger partial charge on any atom is -0.328 e. The molecule has 2 aromatic rings. The van der Waals surface area contributed by atoms with Gasteiger partial charge < -0.3 is 10.6 Å². The molecule has 0 bridgehead atoms. The van der Waals surface area contributed by atoms with Gasteiger partial charge in [-0.2, -0.15) is 0 Å². The second-order valence-electron chi connectivity index (χ2n) is 3.62. The molecule has 5 nitrogen and oxygen atoms in total. The van der Waals surface area contributed by atoms with E-state index >= 15 is 0 Å². The van der Waals surface area contributed by atoms with E-state index in [4.69, 9.17) is 11.6 Å². The molecule has 1 aromatic carbocycles. The van der Waals surface area contributed by atoms with E-state index in [1.54, 1.807) is 36.4 Å². The maximum absolute atomic E-state index is 12.1. The number of amides is 2. The molecule has 1 aromatic heterocycles. The van der Waals surface area contributed by atoms with Crippen LogP contribution in [0.3, 0.4) is 0 Å². The molecule has 2 amide bonds. The molecule has 0 spiro atoms. The number of benzene rings is 1. The van der Waals surface area contributed by atoms with Gasteiger partial charge in [0.25, 0.3) is 5.91 Å². The van der Waals surface area contributed by atoms with Gasteiger partial charge >= 0.3 is 0 Å². The molecule has 0 aliphatic carbocycles. The summed E-state index contributed by atoms with van der Waals surface area (Å²) in [4.78, 5) is 26.5. The Balaban J connectivity index is 2.20. The number of pyridine rings is 1. The lowest BCUT2D eigenvalue weighted by atomic mass is 10.1. The van der Waals surface area contributed by atoms with E-state index in [2.05, 4.69) is 15.6 Å². The maximum atomic E-state index is 12.1. The molecule has 0 atom stereocenters. The van der Waals surface area contributed by atoms with Crippen molar-refractivity contribution in [2.45, 2.75) is 0 Å². The number of anilines is 2. The summed E-state index contributed by atoms with van der Waals surface area (Å²) >= 11 is 5.71. The number of carbonyl (C=O) groups excluding carboxylic acids is 2. The summed E-state index contributed by atoms with van der Waals surface area (Å²) in [5.74, 6) is 0.0232. The van der Waals surface area contributed by atoms with E-state index in [1.807, 2.05) is 0 Å². The Morgan fingerprint density at radius 2 is 2.00 bits per heavy atom. The average Bonchev–Trinajstić information content (AvgIpc) is 2.42. The van der Waals surface area contributed by atoms with E-state index in [9.17, 15) is 9.59 Å². The van der Waals surface area contributed by atoms with Crippen molar-refractivity contribution >= 4 is 35.4 Å². The van der Waals surface area contributed by atoms with Gasteiger partial charge in [0.05, 0.1) is 16.3 Å². The minimum atomic E-state index is -0.361. The van der Waals surface area contributed by atoms with E-state index < -0.39 is 0 Å². The lowest BCUT2D eigenvalue weighted by Gasteiger charge is -2.08. The number of para-hydroxylation sites is 1. The molecule has 0 saturated heterocycles. The third-order valence-corrected chi connectivity index (χ3v) is 2.58. The van der Waals surface area contributed by atoms with Crippen molar-refractivity contribution in [3.8, 4) is 0 Å². The van der Waals surface area contributed by atoms with Crippen molar-refractivity contribution in [2.24, 2.45) is 0 Å². The fourth-order valence-corrected chi connectivity index (χ4v) is 1.62. The highest BCUT2D eigenvalue weighted by Gasteiger charge is 2.11. The van der Waals surface area contributed by atoms with Crippen molar-refractivity contribution < 1.29 is 9.59 Å². The predicted octanol–water partition coefficient (Wildman–Crippen LogP) is 2.56. The molecule has 2 N–H and O–H groups in total. The first-order valence-electron chi connectivity index (χ1n) is 5.43. The third kappa shape index (κ3) is 3.29. The molecule has 0 radical (unpaired) electrons. The van der Waals surface area contributed by atoms with Crippen LogP contribution in [0.5, 0.6) is 0 Å². The second-order valence-corrected chi connectivity index (χ2v) is 4.06. The minimum absolute atomic E-state index is 0.353. The maximum Gasteiger partial charge on any atom is 0.258 e. The van der Waals surface area contributed by atoms with Crippen LogP contribution in [-0.4, -0.2) is 17.3 Å². The van der Waals surface area contributed by atoms with Crippen molar-refractivity contribution in [3.05, 3.63) is 53.2 Å². The van der Waals surface area contributed by atoms with Crippen molar-refractivity contribution in [1.82, 2.24) is 4.98 Å². The molecular weight excluding hydrogens is 266 g/mol. The Hall–Kier alpha value is -2.40. The number of rotatable bonds is 4. The molecule has 6 heteroatoms. The number of carbonyl (C=O) groups is 2. The zero-order valence-corrected chi connectivity index (χ0v) is 10.5. The first kappa shape index (κ1) is 13.0. The Bertz CT molecular complexity index is 599. The van der Waals surface area contributed by atoms with Gasteiger partial charge in [0.15, 0.2) is 0 Å². The summed E-state index contributed by atoms with van der Waals surface area (Å²) < 4.78 is 0. The standard InChI is InChI=1S/C13H10ClN3O2/c14-9-5-6-12(15-7-9)17-13(19)10-3-1-2-4-11(10)16-8-18/h1-8H,(H,16,18)(H,15,17,19). The predicted molar refractivity (Wildman–Crippen MR) is 73.3 cm³/mol. The zero-order chi connectivity index (χ0) is 13.7. The highest BCUT2D eigenvalue weighted by Crippen LogP contribution is 2.16. The van der Waals surface area contributed by atoms with Crippen LogP contribution in [-0.2, 0) is 4.79 Å². The lowest BCUT2D eigenvalue weighted by molar-refractivity contribution is -0.105. The van der Waals surface area contributed by atoms with Crippen molar-refractivity contribution in [1.29, 1.82) is 0 Å². The fourth-order valence-electron chi connectivity index (χ4n) is 1.50. The van der Waals surface area contributed by atoms with E-state index in [1.165, 1.54) is 6.20 Å². The summed E-state index contributed by atoms with van der Waals surface area (Å²) in [5, 5.41) is 5.58. The largest absolute Gasteiger partial charge is 0.328 e. The van der Waals surface area contributed by atoms with Crippen molar-refractivity contribution in [2.75, 3.05) is 10.6 Å². The van der Waals surface area contributed by atoms with Crippen LogP contribution in [0.15, 0.2) is 42.6 Å². The topological polar surface area (TPSA) is 71.1 Å². The number of nitrogens with zero attached hydrogens (tertiary/aromatic N) is 1.